The van der Waals surface area contributed by atoms with Crippen LogP contribution in [-0.2, 0) is 10.2 Å². The standard InChI is InChI=1S/C20H23NO4/c1-12-10-13(2)17(11-16(12)18(22)23)21-19(24)20(3,4)14-6-8-15(25-5)9-7-14/h6-11H,1-5H3,(H,21,24)(H,22,23). The van der Waals surface area contributed by atoms with Gasteiger partial charge in [0.05, 0.1) is 18.1 Å². The molecule has 2 N–H and O–H groups in total. The predicted molar refractivity (Wildman–Crippen MR) is 97.5 cm³/mol. The van der Waals surface area contributed by atoms with Crippen molar-refractivity contribution in [2.45, 2.75) is 33.1 Å². The summed E-state index contributed by atoms with van der Waals surface area (Å²) >= 11 is 0. The third-order valence-corrected chi connectivity index (χ3v) is 4.43. The second-order valence-electron chi connectivity index (χ2n) is 6.59. The number of hydrogen-bond donors (Lipinski definition) is 2. The molecule has 0 saturated heterocycles. The Morgan fingerprint density at radius 1 is 1.04 bits per heavy atom. The van der Waals surface area contributed by atoms with Crippen LogP contribution in [0.25, 0.3) is 0 Å². The number of rotatable bonds is 5. The van der Waals surface area contributed by atoms with Crippen molar-refractivity contribution in [1.82, 2.24) is 0 Å². The van der Waals surface area contributed by atoms with Crippen LogP contribution in [0, 0.1) is 13.8 Å². The average Bonchev–Trinajstić information content (AvgIpc) is 2.56. The predicted octanol–water partition coefficient (Wildman–Crippen LogP) is 3.93. The highest BCUT2D eigenvalue weighted by Gasteiger charge is 2.30. The molecule has 0 unspecified atom stereocenters. The first-order chi connectivity index (χ1) is 11.7. The Kier molecular flexibility index (Phi) is 5.16. The molecule has 0 atom stereocenters. The van der Waals surface area contributed by atoms with Crippen molar-refractivity contribution in [3.05, 3.63) is 58.7 Å². The van der Waals surface area contributed by atoms with Crippen molar-refractivity contribution < 1.29 is 19.4 Å². The number of hydrogen-bond acceptors (Lipinski definition) is 3. The number of nitrogens with one attached hydrogen (secondary N) is 1. The molecule has 0 aromatic heterocycles. The van der Waals surface area contributed by atoms with Gasteiger partial charge in [0.15, 0.2) is 0 Å². The summed E-state index contributed by atoms with van der Waals surface area (Å²) in [6.45, 7) is 7.23. The summed E-state index contributed by atoms with van der Waals surface area (Å²) < 4.78 is 5.14. The quantitative estimate of drug-likeness (QED) is 0.864. The highest BCUT2D eigenvalue weighted by molar-refractivity contribution is 6.00. The van der Waals surface area contributed by atoms with Gasteiger partial charge >= 0.3 is 5.97 Å². The molecule has 0 saturated carbocycles. The molecular weight excluding hydrogens is 318 g/mol. The summed E-state index contributed by atoms with van der Waals surface area (Å²) in [5, 5.41) is 12.1. The maximum atomic E-state index is 12.8. The molecule has 2 rings (SSSR count). The SMILES string of the molecule is COc1ccc(C(C)(C)C(=O)Nc2cc(C(=O)O)c(C)cc2C)cc1. The Balaban J connectivity index is 2.31. The molecule has 0 spiro atoms. The minimum absolute atomic E-state index is 0.183. The first kappa shape index (κ1) is 18.5. The van der Waals surface area contributed by atoms with Gasteiger partial charge in [-0.05, 0) is 62.6 Å². The fraction of sp³-hybridized carbons (Fsp3) is 0.300. The Bertz CT molecular complexity index is 807. The number of benzene rings is 2. The largest absolute Gasteiger partial charge is 0.497 e. The van der Waals surface area contributed by atoms with Gasteiger partial charge in [-0.3, -0.25) is 4.79 Å². The van der Waals surface area contributed by atoms with Crippen LogP contribution in [0.3, 0.4) is 0 Å². The van der Waals surface area contributed by atoms with Gasteiger partial charge in [0, 0.05) is 5.69 Å². The van der Waals surface area contributed by atoms with Crippen molar-refractivity contribution in [1.29, 1.82) is 0 Å². The van der Waals surface area contributed by atoms with Gasteiger partial charge in [0.25, 0.3) is 0 Å². The molecular formula is C20H23NO4. The minimum atomic E-state index is -1.01. The number of amides is 1. The van der Waals surface area contributed by atoms with Crippen LogP contribution in [0.4, 0.5) is 5.69 Å². The fourth-order valence-corrected chi connectivity index (χ4v) is 2.63. The van der Waals surface area contributed by atoms with E-state index in [1.165, 1.54) is 6.07 Å². The Labute approximate surface area is 147 Å². The first-order valence-electron chi connectivity index (χ1n) is 7.97. The van der Waals surface area contributed by atoms with Crippen LogP contribution < -0.4 is 10.1 Å². The first-order valence-corrected chi connectivity index (χ1v) is 7.97. The topological polar surface area (TPSA) is 75.6 Å². The van der Waals surface area contributed by atoms with E-state index < -0.39 is 11.4 Å². The van der Waals surface area contributed by atoms with Gasteiger partial charge in [-0.2, -0.15) is 0 Å². The van der Waals surface area contributed by atoms with E-state index in [1.54, 1.807) is 20.1 Å². The number of anilines is 1. The van der Waals surface area contributed by atoms with Crippen molar-refractivity contribution in [3.63, 3.8) is 0 Å². The van der Waals surface area contributed by atoms with Crippen LogP contribution in [0.1, 0.15) is 40.9 Å². The minimum Gasteiger partial charge on any atom is -0.497 e. The van der Waals surface area contributed by atoms with Crippen LogP contribution in [0.2, 0.25) is 0 Å². The smallest absolute Gasteiger partial charge is 0.336 e. The Hall–Kier alpha value is -2.82. The molecule has 0 bridgehead atoms. The zero-order valence-corrected chi connectivity index (χ0v) is 15.1. The van der Waals surface area contributed by atoms with Crippen LogP contribution in [0.15, 0.2) is 36.4 Å². The van der Waals surface area contributed by atoms with E-state index in [4.69, 9.17) is 4.74 Å². The number of carbonyl (C=O) groups is 2. The fourth-order valence-electron chi connectivity index (χ4n) is 2.63. The van der Waals surface area contributed by atoms with Crippen molar-refractivity contribution in [2.75, 3.05) is 12.4 Å². The summed E-state index contributed by atoms with van der Waals surface area (Å²) in [6, 6.07) is 10.6. The summed E-state index contributed by atoms with van der Waals surface area (Å²) in [4.78, 5) is 24.1. The maximum absolute atomic E-state index is 12.8. The van der Waals surface area contributed by atoms with Crippen molar-refractivity contribution >= 4 is 17.6 Å². The summed E-state index contributed by atoms with van der Waals surface area (Å²) in [5.41, 5.74) is 2.23. The van der Waals surface area contributed by atoms with Crippen LogP contribution in [0.5, 0.6) is 5.75 Å². The Morgan fingerprint density at radius 2 is 1.64 bits per heavy atom. The molecule has 2 aromatic carbocycles. The normalized spacial score (nSPS) is 11.1. The molecule has 0 heterocycles. The molecule has 0 aliphatic rings. The van der Waals surface area contributed by atoms with E-state index in [0.29, 0.717) is 11.3 Å². The zero-order valence-electron chi connectivity index (χ0n) is 15.1. The molecule has 0 fully saturated rings. The summed E-state index contributed by atoms with van der Waals surface area (Å²) in [5.74, 6) is -0.496. The van der Waals surface area contributed by atoms with E-state index >= 15 is 0 Å². The molecule has 5 heteroatoms. The number of aromatic carboxylic acids is 1. The van der Waals surface area contributed by atoms with E-state index in [2.05, 4.69) is 5.32 Å². The highest BCUT2D eigenvalue weighted by atomic mass is 16.5. The van der Waals surface area contributed by atoms with Gasteiger partial charge in [-0.25, -0.2) is 4.79 Å². The molecule has 5 nitrogen and oxygen atoms in total. The average molecular weight is 341 g/mol. The van der Waals surface area contributed by atoms with E-state index in [-0.39, 0.29) is 11.5 Å². The van der Waals surface area contributed by atoms with Gasteiger partial charge in [-0.15, -0.1) is 0 Å². The molecule has 2 aromatic rings. The number of aryl methyl sites for hydroxylation is 2. The molecule has 0 aliphatic carbocycles. The number of ether oxygens (including phenoxy) is 1. The van der Waals surface area contributed by atoms with Gasteiger partial charge in [-0.1, -0.05) is 18.2 Å². The van der Waals surface area contributed by atoms with Crippen molar-refractivity contribution in [2.24, 2.45) is 0 Å². The number of methoxy groups -OCH3 is 1. The molecule has 0 radical (unpaired) electrons. The van der Waals surface area contributed by atoms with Crippen molar-refractivity contribution in [3.8, 4) is 5.75 Å². The number of carbonyl (C=O) groups excluding carboxylic acids is 1. The number of carboxylic acid groups (broad SMARTS) is 1. The van der Waals surface area contributed by atoms with Gasteiger partial charge < -0.3 is 15.2 Å². The molecule has 25 heavy (non-hydrogen) atoms. The van der Waals surface area contributed by atoms with Crippen LogP contribution in [-0.4, -0.2) is 24.1 Å². The maximum Gasteiger partial charge on any atom is 0.336 e. The Morgan fingerprint density at radius 3 is 2.16 bits per heavy atom. The second kappa shape index (κ2) is 6.97. The highest BCUT2D eigenvalue weighted by Crippen LogP contribution is 2.28. The third-order valence-electron chi connectivity index (χ3n) is 4.43. The van der Waals surface area contributed by atoms with Gasteiger partial charge in [0.1, 0.15) is 5.75 Å². The van der Waals surface area contributed by atoms with Crippen LogP contribution >= 0.6 is 0 Å². The van der Waals surface area contributed by atoms with E-state index in [1.807, 2.05) is 45.0 Å². The zero-order chi connectivity index (χ0) is 18.8. The monoisotopic (exact) mass is 341 g/mol. The summed E-state index contributed by atoms with van der Waals surface area (Å²) in [7, 11) is 1.59. The van der Waals surface area contributed by atoms with E-state index in [0.717, 1.165) is 16.9 Å². The lowest BCUT2D eigenvalue weighted by atomic mass is 9.83. The lowest BCUT2D eigenvalue weighted by molar-refractivity contribution is -0.120. The lowest BCUT2D eigenvalue weighted by Crippen LogP contribution is -2.35. The second-order valence-corrected chi connectivity index (χ2v) is 6.59. The third kappa shape index (κ3) is 3.82. The molecule has 1 amide bonds. The van der Waals surface area contributed by atoms with E-state index in [9.17, 15) is 14.7 Å². The lowest BCUT2D eigenvalue weighted by Gasteiger charge is -2.25. The molecule has 132 valence electrons. The number of carboxylic acids is 1. The molecule has 0 aliphatic heterocycles. The van der Waals surface area contributed by atoms with Gasteiger partial charge in [0.2, 0.25) is 5.91 Å². The summed E-state index contributed by atoms with van der Waals surface area (Å²) in [6.07, 6.45) is 0.